The maximum atomic E-state index is 2.38. The molecule has 0 spiro atoms. The minimum Gasteiger partial charge on any atom is -0.153 e. The zero-order valence-corrected chi connectivity index (χ0v) is 7.46. The minimum absolute atomic E-state index is 0.462. The van der Waals surface area contributed by atoms with Crippen molar-refractivity contribution in [1.29, 1.82) is 0 Å². The highest BCUT2D eigenvalue weighted by Gasteiger charge is 2.36. The Hall–Kier alpha value is 0.350. The van der Waals surface area contributed by atoms with E-state index in [-0.39, 0.29) is 0 Å². The summed E-state index contributed by atoms with van der Waals surface area (Å²) in [6.07, 6.45) is 0. The van der Waals surface area contributed by atoms with E-state index in [1.54, 1.807) is 0 Å². The van der Waals surface area contributed by atoms with Crippen LogP contribution in [0.2, 0.25) is 0 Å². The minimum atomic E-state index is 0.462. The van der Waals surface area contributed by atoms with Crippen LogP contribution in [0.3, 0.4) is 0 Å². The van der Waals surface area contributed by atoms with Crippen molar-refractivity contribution in [3.8, 4) is 0 Å². The van der Waals surface area contributed by atoms with Gasteiger partial charge in [-0.2, -0.15) is 11.8 Å². The lowest BCUT2D eigenvalue weighted by Crippen LogP contribution is -2.19. The maximum absolute atomic E-state index is 2.38. The third kappa shape index (κ3) is 1.26. The summed E-state index contributed by atoms with van der Waals surface area (Å²) in [7, 11) is 0. The second-order valence-electron chi connectivity index (χ2n) is 3.57. The molecular weight excluding hydrogens is 128 g/mol. The van der Waals surface area contributed by atoms with E-state index in [4.69, 9.17) is 0 Å². The fourth-order valence-electron chi connectivity index (χ4n) is 1.11. The van der Waals surface area contributed by atoms with Crippen molar-refractivity contribution in [2.75, 3.05) is 0 Å². The van der Waals surface area contributed by atoms with Crippen LogP contribution >= 0.6 is 11.8 Å². The molecule has 2 unspecified atom stereocenters. The summed E-state index contributed by atoms with van der Waals surface area (Å²) in [5.74, 6) is 3.21. The first-order valence-corrected chi connectivity index (χ1v) is 4.48. The molecule has 0 amide bonds. The number of rotatable bonds is 0. The molecule has 1 aliphatic rings. The normalized spacial score (nSPS) is 41.3. The van der Waals surface area contributed by atoms with Gasteiger partial charge < -0.3 is 0 Å². The molecule has 0 aromatic heterocycles. The molecule has 1 rings (SSSR count). The van der Waals surface area contributed by atoms with Gasteiger partial charge in [-0.05, 0) is 11.3 Å². The Morgan fingerprint density at radius 2 is 1.89 bits per heavy atom. The molecule has 0 N–H and O–H groups in total. The van der Waals surface area contributed by atoms with Crippen LogP contribution in [0.4, 0.5) is 0 Å². The van der Waals surface area contributed by atoms with Gasteiger partial charge in [0.05, 0.1) is 0 Å². The number of hydrogen-bond donors (Lipinski definition) is 0. The zero-order valence-electron chi connectivity index (χ0n) is 6.64. The summed E-state index contributed by atoms with van der Waals surface area (Å²) in [5, 5.41) is 0.819. The summed E-state index contributed by atoms with van der Waals surface area (Å²) in [4.78, 5) is 0. The maximum Gasteiger partial charge on any atom is 0.0228 e. The standard InChI is InChI=1S/C8H15S/c1-6-7(2)9-5-8(6,3)4/h5-7H,1-4H3. The van der Waals surface area contributed by atoms with E-state index in [0.717, 1.165) is 11.2 Å². The Kier molecular flexibility index (Phi) is 1.81. The molecule has 1 fully saturated rings. The van der Waals surface area contributed by atoms with E-state index in [1.807, 2.05) is 11.8 Å². The fraction of sp³-hybridized carbons (Fsp3) is 0.875. The van der Waals surface area contributed by atoms with Gasteiger partial charge in [-0.1, -0.05) is 27.7 Å². The largest absolute Gasteiger partial charge is 0.153 e. The van der Waals surface area contributed by atoms with Gasteiger partial charge in [0.1, 0.15) is 0 Å². The molecule has 1 aliphatic heterocycles. The van der Waals surface area contributed by atoms with Crippen molar-refractivity contribution in [2.24, 2.45) is 11.3 Å². The molecule has 2 atom stereocenters. The third-order valence-corrected chi connectivity index (χ3v) is 4.05. The Balaban J connectivity index is 2.62. The van der Waals surface area contributed by atoms with Crippen LogP contribution in [0.25, 0.3) is 0 Å². The van der Waals surface area contributed by atoms with Crippen molar-refractivity contribution in [1.82, 2.24) is 0 Å². The van der Waals surface area contributed by atoms with Crippen molar-refractivity contribution >= 4 is 11.8 Å². The molecule has 0 aliphatic carbocycles. The molecule has 0 bridgehead atoms. The average Bonchev–Trinajstić information content (AvgIpc) is 1.97. The van der Waals surface area contributed by atoms with Gasteiger partial charge in [0.2, 0.25) is 0 Å². The van der Waals surface area contributed by atoms with Crippen LogP contribution in [0.15, 0.2) is 0 Å². The predicted molar refractivity (Wildman–Crippen MR) is 44.3 cm³/mol. The average molecular weight is 143 g/mol. The molecule has 0 saturated carbocycles. The molecular formula is C8H15S. The van der Waals surface area contributed by atoms with Crippen LogP contribution in [0, 0.1) is 17.1 Å². The molecule has 1 saturated heterocycles. The van der Waals surface area contributed by atoms with Crippen LogP contribution in [0.1, 0.15) is 27.7 Å². The van der Waals surface area contributed by atoms with Gasteiger partial charge in [0.15, 0.2) is 0 Å². The van der Waals surface area contributed by atoms with E-state index in [2.05, 4.69) is 33.4 Å². The van der Waals surface area contributed by atoms with Crippen molar-refractivity contribution in [2.45, 2.75) is 32.9 Å². The fourth-order valence-corrected chi connectivity index (χ4v) is 2.48. The Morgan fingerprint density at radius 1 is 1.33 bits per heavy atom. The molecule has 0 nitrogen and oxygen atoms in total. The molecule has 53 valence electrons. The van der Waals surface area contributed by atoms with E-state index >= 15 is 0 Å². The summed E-state index contributed by atoms with van der Waals surface area (Å²) in [6.45, 7) is 9.27. The summed E-state index contributed by atoms with van der Waals surface area (Å²) in [5.41, 5.74) is 0.462. The zero-order chi connectivity index (χ0) is 7.07. The quantitative estimate of drug-likeness (QED) is 0.502. The molecule has 0 aromatic carbocycles. The Morgan fingerprint density at radius 3 is 2.00 bits per heavy atom. The first-order chi connectivity index (χ1) is 4.04. The van der Waals surface area contributed by atoms with Gasteiger partial charge in [-0.3, -0.25) is 0 Å². The number of hydrogen-bond acceptors (Lipinski definition) is 1. The smallest absolute Gasteiger partial charge is 0.0228 e. The Bertz CT molecular complexity index is 107. The van der Waals surface area contributed by atoms with E-state index in [9.17, 15) is 0 Å². The molecule has 1 heterocycles. The van der Waals surface area contributed by atoms with Gasteiger partial charge >= 0.3 is 0 Å². The highest BCUT2D eigenvalue weighted by atomic mass is 32.2. The molecule has 0 aromatic rings. The topological polar surface area (TPSA) is 0 Å². The Labute approximate surface area is 62.4 Å². The van der Waals surface area contributed by atoms with E-state index in [1.165, 1.54) is 0 Å². The van der Waals surface area contributed by atoms with Crippen LogP contribution in [-0.2, 0) is 0 Å². The van der Waals surface area contributed by atoms with Crippen LogP contribution in [-0.4, -0.2) is 5.25 Å². The second-order valence-corrected chi connectivity index (χ2v) is 4.82. The van der Waals surface area contributed by atoms with Gasteiger partial charge in [-0.25, -0.2) is 0 Å². The summed E-state index contributed by atoms with van der Waals surface area (Å²) < 4.78 is 0. The first kappa shape index (κ1) is 7.46. The third-order valence-electron chi connectivity index (χ3n) is 2.46. The van der Waals surface area contributed by atoms with E-state index < -0.39 is 0 Å². The lowest BCUT2D eigenvalue weighted by Gasteiger charge is -2.23. The van der Waals surface area contributed by atoms with Crippen molar-refractivity contribution in [3.05, 3.63) is 5.75 Å². The first-order valence-electron chi connectivity index (χ1n) is 3.54. The summed E-state index contributed by atoms with van der Waals surface area (Å²) in [6, 6.07) is 0. The molecule has 9 heavy (non-hydrogen) atoms. The van der Waals surface area contributed by atoms with Crippen LogP contribution < -0.4 is 0 Å². The summed E-state index contributed by atoms with van der Waals surface area (Å²) >= 11 is 1.99. The van der Waals surface area contributed by atoms with Gasteiger partial charge in [-0.15, -0.1) is 0 Å². The van der Waals surface area contributed by atoms with Crippen molar-refractivity contribution in [3.63, 3.8) is 0 Å². The lowest BCUT2D eigenvalue weighted by molar-refractivity contribution is 0.313. The molecule has 1 heteroatoms. The van der Waals surface area contributed by atoms with Gasteiger partial charge in [0.25, 0.3) is 0 Å². The highest BCUT2D eigenvalue weighted by Crippen LogP contribution is 2.48. The number of thioether (sulfide) groups is 1. The highest BCUT2D eigenvalue weighted by molar-refractivity contribution is 8.02. The van der Waals surface area contributed by atoms with E-state index in [0.29, 0.717) is 5.41 Å². The van der Waals surface area contributed by atoms with Crippen LogP contribution in [0.5, 0.6) is 0 Å². The lowest BCUT2D eigenvalue weighted by atomic mass is 9.81. The SMILES string of the molecule is CC1S[CH]C(C)(C)C1C. The monoisotopic (exact) mass is 143 g/mol. The van der Waals surface area contributed by atoms with Crippen molar-refractivity contribution < 1.29 is 0 Å². The second kappa shape index (κ2) is 2.19. The molecule has 1 radical (unpaired) electrons. The predicted octanol–water partition coefficient (Wildman–Crippen LogP) is 2.95. The van der Waals surface area contributed by atoms with Gasteiger partial charge in [0, 0.05) is 11.0 Å².